The summed E-state index contributed by atoms with van der Waals surface area (Å²) in [7, 11) is 0. The highest BCUT2D eigenvalue weighted by Crippen LogP contribution is 2.38. The van der Waals surface area contributed by atoms with Gasteiger partial charge >= 0.3 is 12.4 Å². The van der Waals surface area contributed by atoms with Crippen molar-refractivity contribution in [1.82, 2.24) is 4.98 Å². The Hall–Kier alpha value is -1.70. The Morgan fingerprint density at radius 2 is 1.48 bits per heavy atom. The summed E-state index contributed by atoms with van der Waals surface area (Å²) < 4.78 is 81.1. The number of benzene rings is 1. The Labute approximate surface area is 119 Å². The zero-order valence-electron chi connectivity index (χ0n) is 10.0. The maximum absolute atomic E-state index is 12.7. The summed E-state index contributed by atoms with van der Waals surface area (Å²) in [6.07, 6.45) is -8.80. The van der Waals surface area contributed by atoms with Crippen LogP contribution in [-0.4, -0.2) is 4.98 Å². The minimum atomic E-state index is -4.91. The van der Waals surface area contributed by atoms with Crippen molar-refractivity contribution < 1.29 is 30.8 Å². The summed E-state index contributed by atoms with van der Waals surface area (Å²) in [4.78, 5) is 3.63. The average molecular weight is 330 g/mol. The number of rotatable bonds is 2. The second-order valence-electron chi connectivity index (χ2n) is 4.05. The van der Waals surface area contributed by atoms with Crippen LogP contribution in [0.25, 0.3) is 11.3 Å². The van der Waals surface area contributed by atoms with Crippen LogP contribution in [0.15, 0.2) is 28.8 Å². The van der Waals surface area contributed by atoms with Gasteiger partial charge in [0.1, 0.15) is 0 Å². The van der Waals surface area contributed by atoms with Gasteiger partial charge in [-0.05, 0) is 18.2 Å². The number of nitrogens with zero attached hydrogens (tertiary/aromatic N) is 1. The maximum atomic E-state index is 12.7. The molecule has 1 aromatic carbocycles. The Bertz CT molecular complexity index is 614. The topological polar surface area (TPSA) is 26.0 Å². The van der Waals surface area contributed by atoms with E-state index < -0.39 is 23.5 Å². The zero-order valence-corrected chi connectivity index (χ0v) is 10.8. The third-order valence-corrected chi connectivity index (χ3v) is 2.77. The first kappa shape index (κ1) is 15.7. The lowest BCUT2D eigenvalue weighted by Gasteiger charge is -2.13. The van der Waals surface area contributed by atoms with Crippen LogP contribution in [-0.2, 0) is 18.2 Å². The lowest BCUT2D eigenvalue weighted by molar-refractivity contribution is -0.143. The largest absolute Gasteiger partial charge is 0.439 e. The smallest absolute Gasteiger partial charge is 0.416 e. The second-order valence-corrected chi connectivity index (χ2v) is 4.31. The Morgan fingerprint density at radius 3 is 1.86 bits per heavy atom. The van der Waals surface area contributed by atoms with Gasteiger partial charge in [0.05, 0.1) is 23.2 Å². The average Bonchev–Trinajstić information content (AvgIpc) is 2.85. The first-order chi connectivity index (χ1) is 9.61. The van der Waals surface area contributed by atoms with E-state index in [-0.39, 0.29) is 29.2 Å². The predicted molar refractivity (Wildman–Crippen MR) is 61.5 cm³/mol. The first-order valence-corrected chi connectivity index (χ1v) is 5.95. The second kappa shape index (κ2) is 5.25. The highest BCUT2D eigenvalue weighted by molar-refractivity contribution is 6.16. The molecule has 0 aliphatic heterocycles. The summed E-state index contributed by atoms with van der Waals surface area (Å²) >= 11 is 5.42. The minimum Gasteiger partial charge on any atom is -0.439 e. The number of alkyl halides is 7. The van der Waals surface area contributed by atoms with Gasteiger partial charge in [0, 0.05) is 5.56 Å². The molecule has 0 radical (unpaired) electrons. The molecule has 0 bridgehead atoms. The van der Waals surface area contributed by atoms with E-state index >= 15 is 0 Å². The number of aromatic nitrogens is 1. The van der Waals surface area contributed by atoms with E-state index in [4.69, 9.17) is 16.0 Å². The molecule has 1 aromatic heterocycles. The van der Waals surface area contributed by atoms with Crippen molar-refractivity contribution in [3.8, 4) is 11.3 Å². The number of oxazole rings is 1. The third kappa shape index (κ3) is 3.49. The number of hydrogen-bond acceptors (Lipinski definition) is 2. The van der Waals surface area contributed by atoms with Crippen molar-refractivity contribution in [2.75, 3.05) is 0 Å². The van der Waals surface area contributed by atoms with Crippen LogP contribution in [0.2, 0.25) is 0 Å². The van der Waals surface area contributed by atoms with Gasteiger partial charge in [-0.1, -0.05) is 0 Å². The van der Waals surface area contributed by atoms with Gasteiger partial charge in [-0.15, -0.1) is 11.6 Å². The Morgan fingerprint density at radius 1 is 0.952 bits per heavy atom. The highest BCUT2D eigenvalue weighted by atomic mass is 35.5. The Kier molecular flexibility index (Phi) is 3.92. The van der Waals surface area contributed by atoms with E-state index in [1.807, 2.05) is 0 Å². The molecular formula is C12H6ClF6NO. The molecule has 2 nitrogen and oxygen atoms in total. The molecule has 0 saturated heterocycles. The fourth-order valence-corrected chi connectivity index (χ4v) is 1.73. The van der Waals surface area contributed by atoms with Crippen molar-refractivity contribution in [2.45, 2.75) is 18.2 Å². The van der Waals surface area contributed by atoms with Crippen LogP contribution in [0.1, 0.15) is 17.0 Å². The molecule has 0 spiro atoms. The summed E-state index contributed by atoms with van der Waals surface area (Å²) in [5.74, 6) is -0.370. The molecule has 0 fully saturated rings. The van der Waals surface area contributed by atoms with E-state index in [1.165, 1.54) is 0 Å². The molecule has 0 unspecified atom stereocenters. The fourth-order valence-electron chi connectivity index (χ4n) is 1.60. The van der Waals surface area contributed by atoms with Gasteiger partial charge in [-0.3, -0.25) is 0 Å². The van der Waals surface area contributed by atoms with E-state index in [0.717, 1.165) is 6.20 Å². The van der Waals surface area contributed by atoms with Crippen molar-refractivity contribution in [1.29, 1.82) is 0 Å². The van der Waals surface area contributed by atoms with Crippen LogP contribution in [0.3, 0.4) is 0 Å². The van der Waals surface area contributed by atoms with Crippen molar-refractivity contribution >= 4 is 11.6 Å². The molecule has 114 valence electrons. The number of hydrogen-bond donors (Lipinski definition) is 0. The SMILES string of the molecule is FC(F)(F)c1cc(-c2cnc(CCl)o2)cc(C(F)(F)F)c1. The van der Waals surface area contributed by atoms with Crippen molar-refractivity contribution in [2.24, 2.45) is 0 Å². The van der Waals surface area contributed by atoms with Crippen LogP contribution in [0.4, 0.5) is 26.3 Å². The third-order valence-electron chi connectivity index (χ3n) is 2.54. The maximum Gasteiger partial charge on any atom is 0.416 e. The monoisotopic (exact) mass is 329 g/mol. The lowest BCUT2D eigenvalue weighted by Crippen LogP contribution is -2.11. The lowest BCUT2D eigenvalue weighted by atomic mass is 10.0. The molecule has 0 saturated carbocycles. The summed E-state index contributed by atoms with van der Waals surface area (Å²) in [6, 6.07) is 1.17. The van der Waals surface area contributed by atoms with Gasteiger partial charge in [-0.25, -0.2) is 4.98 Å². The molecule has 0 aliphatic rings. The van der Waals surface area contributed by atoms with Gasteiger partial charge in [-0.2, -0.15) is 26.3 Å². The van der Waals surface area contributed by atoms with Crippen LogP contribution < -0.4 is 0 Å². The van der Waals surface area contributed by atoms with Gasteiger partial charge in [0.25, 0.3) is 0 Å². The van der Waals surface area contributed by atoms with Crippen molar-refractivity contribution in [3.05, 3.63) is 41.4 Å². The number of halogens is 7. The van der Waals surface area contributed by atoms with E-state index in [2.05, 4.69) is 4.98 Å². The molecular weight excluding hydrogens is 324 g/mol. The molecule has 2 aromatic rings. The molecule has 0 aliphatic carbocycles. The van der Waals surface area contributed by atoms with E-state index in [9.17, 15) is 26.3 Å². The van der Waals surface area contributed by atoms with Crippen LogP contribution in [0.5, 0.6) is 0 Å². The summed E-state index contributed by atoms with van der Waals surface area (Å²) in [5, 5.41) is 0. The van der Waals surface area contributed by atoms with Gasteiger partial charge in [0.15, 0.2) is 5.76 Å². The summed E-state index contributed by atoms with van der Waals surface area (Å²) in [6.45, 7) is 0. The highest BCUT2D eigenvalue weighted by Gasteiger charge is 2.37. The molecule has 9 heteroatoms. The standard InChI is InChI=1S/C12H6ClF6NO/c13-4-10-20-5-9(21-10)6-1-7(11(14,15)16)3-8(2-6)12(17,18)19/h1-3,5H,4H2. The minimum absolute atomic E-state index is 0.00219. The van der Waals surface area contributed by atoms with Crippen LogP contribution in [0, 0.1) is 0 Å². The molecule has 21 heavy (non-hydrogen) atoms. The fraction of sp³-hybridized carbons (Fsp3) is 0.250. The molecule has 0 atom stereocenters. The predicted octanol–water partition coefficient (Wildman–Crippen LogP) is 5.12. The quantitative estimate of drug-likeness (QED) is 0.564. The van der Waals surface area contributed by atoms with E-state index in [0.29, 0.717) is 12.1 Å². The Balaban J connectivity index is 2.60. The van der Waals surface area contributed by atoms with Gasteiger partial charge in [0.2, 0.25) is 5.89 Å². The summed E-state index contributed by atoms with van der Waals surface area (Å²) in [5.41, 5.74) is -3.21. The van der Waals surface area contributed by atoms with Crippen molar-refractivity contribution in [3.63, 3.8) is 0 Å². The molecule has 0 N–H and O–H groups in total. The normalized spacial score (nSPS) is 12.7. The van der Waals surface area contributed by atoms with Crippen LogP contribution >= 0.6 is 11.6 Å². The first-order valence-electron chi connectivity index (χ1n) is 5.42. The van der Waals surface area contributed by atoms with Gasteiger partial charge < -0.3 is 4.42 Å². The zero-order chi connectivity index (χ0) is 15.8. The molecule has 0 amide bonds. The van der Waals surface area contributed by atoms with E-state index in [1.54, 1.807) is 0 Å². The molecule has 1 heterocycles. The molecule has 2 rings (SSSR count).